The molecule has 0 fully saturated rings. The summed E-state index contributed by atoms with van der Waals surface area (Å²) in [6, 6.07) is 18.3. The quantitative estimate of drug-likeness (QED) is 0.431. The summed E-state index contributed by atoms with van der Waals surface area (Å²) in [5.74, 6) is 0. The van der Waals surface area contributed by atoms with Crippen molar-refractivity contribution >= 4 is 40.0 Å². The van der Waals surface area contributed by atoms with Crippen LogP contribution in [0.5, 0.6) is 0 Å². The molecule has 2 aromatic carbocycles. The fraction of sp³-hybridized carbons (Fsp3) is 0.105. The van der Waals surface area contributed by atoms with Gasteiger partial charge in [-0.05, 0) is 35.2 Å². The van der Waals surface area contributed by atoms with Crippen LogP contribution >= 0.6 is 22.9 Å². The molecular weight excluding hydrogens is 370 g/mol. The van der Waals surface area contributed by atoms with Gasteiger partial charge in [-0.2, -0.15) is 5.10 Å². The number of hydrazone groups is 1. The second-order valence-corrected chi connectivity index (χ2v) is 7.30. The lowest BCUT2D eigenvalue weighted by Gasteiger charge is -2.24. The standard InChI is InChI=1S/C19H14ClN3O2S/c20-14-3-1-4-16(11-14)22-18(12-17(21-22)19-5-2-10-26-19)13-6-8-15(9-7-13)23(24)25/h1-11,18H,12H2. The third-order valence-corrected chi connectivity index (χ3v) is 5.43. The SMILES string of the molecule is O=[N+]([O-])c1ccc(C2CC(c3cccs3)=NN2c2cccc(Cl)c2)cc1. The number of nitro benzene ring substituents is 1. The van der Waals surface area contributed by atoms with Crippen LogP contribution in [0.4, 0.5) is 11.4 Å². The predicted octanol–water partition coefficient (Wildman–Crippen LogP) is 5.67. The van der Waals surface area contributed by atoms with Crippen molar-refractivity contribution in [1.82, 2.24) is 0 Å². The Balaban J connectivity index is 1.73. The molecule has 1 aromatic heterocycles. The highest BCUT2D eigenvalue weighted by Crippen LogP contribution is 2.38. The van der Waals surface area contributed by atoms with Gasteiger partial charge in [-0.1, -0.05) is 35.9 Å². The van der Waals surface area contributed by atoms with Crippen molar-refractivity contribution in [3.05, 3.63) is 91.6 Å². The van der Waals surface area contributed by atoms with Gasteiger partial charge in [0, 0.05) is 23.6 Å². The number of halogens is 1. The molecule has 5 nitrogen and oxygen atoms in total. The normalized spacial score (nSPS) is 16.6. The highest BCUT2D eigenvalue weighted by atomic mass is 35.5. The molecule has 0 N–H and O–H groups in total. The molecule has 0 spiro atoms. The Hall–Kier alpha value is -2.70. The molecular formula is C19H14ClN3O2S. The van der Waals surface area contributed by atoms with Crippen LogP contribution in [0.15, 0.2) is 71.1 Å². The smallest absolute Gasteiger partial charge is 0.258 e. The zero-order valence-electron chi connectivity index (χ0n) is 13.6. The molecule has 1 aliphatic rings. The number of benzene rings is 2. The minimum atomic E-state index is -0.388. The highest BCUT2D eigenvalue weighted by Gasteiger charge is 2.30. The van der Waals surface area contributed by atoms with Crippen molar-refractivity contribution in [1.29, 1.82) is 0 Å². The van der Waals surface area contributed by atoms with Gasteiger partial charge in [-0.25, -0.2) is 0 Å². The number of thiophene rings is 1. The largest absolute Gasteiger partial charge is 0.269 e. The summed E-state index contributed by atoms with van der Waals surface area (Å²) in [6.07, 6.45) is 0.727. The van der Waals surface area contributed by atoms with E-state index in [1.165, 1.54) is 12.1 Å². The van der Waals surface area contributed by atoms with E-state index in [1.54, 1.807) is 23.5 Å². The molecule has 3 aromatic rings. The van der Waals surface area contributed by atoms with Gasteiger partial charge < -0.3 is 0 Å². The Morgan fingerprint density at radius 1 is 1.15 bits per heavy atom. The third-order valence-electron chi connectivity index (χ3n) is 4.28. The average molecular weight is 384 g/mol. The minimum Gasteiger partial charge on any atom is -0.258 e. The zero-order valence-corrected chi connectivity index (χ0v) is 15.2. The maximum Gasteiger partial charge on any atom is 0.269 e. The Bertz CT molecular complexity index is 971. The van der Waals surface area contributed by atoms with Crippen LogP contribution in [-0.4, -0.2) is 10.6 Å². The summed E-state index contributed by atoms with van der Waals surface area (Å²) in [5, 5.41) is 20.4. The summed E-state index contributed by atoms with van der Waals surface area (Å²) in [7, 11) is 0. The van der Waals surface area contributed by atoms with Crippen LogP contribution in [0, 0.1) is 10.1 Å². The first-order valence-electron chi connectivity index (χ1n) is 8.02. The lowest BCUT2D eigenvalue weighted by Crippen LogP contribution is -2.18. The minimum absolute atomic E-state index is 0.0358. The third kappa shape index (κ3) is 3.21. The van der Waals surface area contributed by atoms with Crippen LogP contribution in [0.2, 0.25) is 5.02 Å². The number of nitrogens with zero attached hydrogens (tertiary/aromatic N) is 3. The highest BCUT2D eigenvalue weighted by molar-refractivity contribution is 7.12. The molecule has 0 bridgehead atoms. The average Bonchev–Trinajstić information content (AvgIpc) is 3.31. The van der Waals surface area contributed by atoms with E-state index in [2.05, 4.69) is 6.07 Å². The lowest BCUT2D eigenvalue weighted by molar-refractivity contribution is -0.384. The van der Waals surface area contributed by atoms with Gasteiger partial charge in [0.05, 0.1) is 27.2 Å². The molecule has 26 heavy (non-hydrogen) atoms. The second-order valence-electron chi connectivity index (χ2n) is 5.92. The number of nitro groups is 1. The molecule has 4 rings (SSSR count). The van der Waals surface area contributed by atoms with E-state index in [1.807, 2.05) is 40.7 Å². The topological polar surface area (TPSA) is 58.7 Å². The molecule has 7 heteroatoms. The van der Waals surface area contributed by atoms with Crippen molar-refractivity contribution in [3.63, 3.8) is 0 Å². The first-order valence-corrected chi connectivity index (χ1v) is 9.28. The molecule has 0 radical (unpaired) electrons. The van der Waals surface area contributed by atoms with Gasteiger partial charge in [0.1, 0.15) is 0 Å². The Morgan fingerprint density at radius 2 is 1.96 bits per heavy atom. The molecule has 1 atom stereocenters. The molecule has 1 aliphatic heterocycles. The van der Waals surface area contributed by atoms with E-state index in [0.717, 1.165) is 28.3 Å². The zero-order chi connectivity index (χ0) is 18.1. The van der Waals surface area contributed by atoms with Crippen LogP contribution in [0.1, 0.15) is 22.9 Å². The van der Waals surface area contributed by atoms with Gasteiger partial charge in [0.15, 0.2) is 0 Å². The second kappa shape index (κ2) is 6.90. The van der Waals surface area contributed by atoms with Gasteiger partial charge in [-0.15, -0.1) is 11.3 Å². The maximum absolute atomic E-state index is 10.9. The fourth-order valence-corrected chi connectivity index (χ4v) is 3.94. The number of non-ortho nitro benzene ring substituents is 1. The first kappa shape index (κ1) is 16.8. The number of hydrogen-bond donors (Lipinski definition) is 0. The summed E-state index contributed by atoms with van der Waals surface area (Å²) in [6.45, 7) is 0. The number of anilines is 1. The molecule has 2 heterocycles. The summed E-state index contributed by atoms with van der Waals surface area (Å²) < 4.78 is 0. The van der Waals surface area contributed by atoms with Crippen molar-refractivity contribution in [2.45, 2.75) is 12.5 Å². The predicted molar refractivity (Wildman–Crippen MR) is 105 cm³/mol. The van der Waals surface area contributed by atoms with E-state index in [4.69, 9.17) is 16.7 Å². The Labute approximate surface area is 159 Å². The van der Waals surface area contributed by atoms with Crippen LogP contribution in [0.3, 0.4) is 0 Å². The van der Waals surface area contributed by atoms with E-state index >= 15 is 0 Å². The fourth-order valence-electron chi connectivity index (χ4n) is 3.04. The van der Waals surface area contributed by atoms with Crippen LogP contribution in [0.25, 0.3) is 0 Å². The lowest BCUT2D eigenvalue weighted by atomic mass is 10.0. The molecule has 0 amide bonds. The molecule has 1 unspecified atom stereocenters. The van der Waals surface area contributed by atoms with Gasteiger partial charge in [0.2, 0.25) is 0 Å². The van der Waals surface area contributed by atoms with Gasteiger partial charge >= 0.3 is 0 Å². The van der Waals surface area contributed by atoms with Crippen molar-refractivity contribution < 1.29 is 4.92 Å². The number of rotatable bonds is 4. The van der Waals surface area contributed by atoms with Crippen LogP contribution < -0.4 is 5.01 Å². The number of hydrogen-bond acceptors (Lipinski definition) is 5. The first-order chi connectivity index (χ1) is 12.6. The summed E-state index contributed by atoms with van der Waals surface area (Å²) in [4.78, 5) is 11.7. The molecule has 0 aliphatic carbocycles. The van der Waals surface area contributed by atoms with E-state index in [-0.39, 0.29) is 16.7 Å². The summed E-state index contributed by atoms with van der Waals surface area (Å²) in [5.41, 5.74) is 2.96. The van der Waals surface area contributed by atoms with E-state index < -0.39 is 0 Å². The molecule has 0 saturated carbocycles. The van der Waals surface area contributed by atoms with Gasteiger partial charge in [-0.3, -0.25) is 15.1 Å². The Kier molecular flexibility index (Phi) is 4.44. The van der Waals surface area contributed by atoms with E-state index in [0.29, 0.717) is 5.02 Å². The monoisotopic (exact) mass is 383 g/mol. The molecule has 130 valence electrons. The van der Waals surface area contributed by atoms with Crippen molar-refractivity contribution in [2.24, 2.45) is 5.10 Å². The molecule has 0 saturated heterocycles. The van der Waals surface area contributed by atoms with Crippen molar-refractivity contribution in [3.8, 4) is 0 Å². The summed E-state index contributed by atoms with van der Waals surface area (Å²) >= 11 is 7.81. The maximum atomic E-state index is 10.9. The van der Waals surface area contributed by atoms with Crippen molar-refractivity contribution in [2.75, 3.05) is 5.01 Å². The van der Waals surface area contributed by atoms with Gasteiger partial charge in [0.25, 0.3) is 5.69 Å². The Morgan fingerprint density at radius 3 is 2.62 bits per heavy atom. The van der Waals surface area contributed by atoms with Crippen LogP contribution in [-0.2, 0) is 0 Å². The van der Waals surface area contributed by atoms with E-state index in [9.17, 15) is 10.1 Å².